The number of morpholine rings is 1. The molecule has 0 unspecified atom stereocenters. The first-order valence-corrected chi connectivity index (χ1v) is 16.7. The lowest BCUT2D eigenvalue weighted by molar-refractivity contribution is -0.00535. The molecule has 0 radical (unpaired) electrons. The van der Waals surface area contributed by atoms with Crippen molar-refractivity contribution in [2.24, 2.45) is 0 Å². The quantitative estimate of drug-likeness (QED) is 0.188. The molecule has 1 fully saturated rings. The number of halogens is 2. The zero-order valence-electron chi connectivity index (χ0n) is 25.1. The smallest absolute Gasteiger partial charge is 0.261 e. The Kier molecular flexibility index (Phi) is 9.08. The molecule has 43 heavy (non-hydrogen) atoms. The van der Waals surface area contributed by atoms with Gasteiger partial charge in [0, 0.05) is 25.5 Å². The summed E-state index contributed by atoms with van der Waals surface area (Å²) in [5.41, 5.74) is 0.359. The van der Waals surface area contributed by atoms with Gasteiger partial charge in [-0.2, -0.15) is 0 Å². The van der Waals surface area contributed by atoms with Gasteiger partial charge >= 0.3 is 0 Å². The van der Waals surface area contributed by atoms with Crippen LogP contribution >= 0.6 is 11.6 Å². The predicted molar refractivity (Wildman–Crippen MR) is 169 cm³/mol. The normalized spacial score (nSPS) is 17.6. The van der Waals surface area contributed by atoms with Crippen molar-refractivity contribution in [1.29, 1.82) is 0 Å². The van der Waals surface area contributed by atoms with Crippen molar-refractivity contribution < 1.29 is 18.3 Å². The number of pyridine rings is 1. The van der Waals surface area contributed by atoms with Gasteiger partial charge in [0.25, 0.3) is 8.32 Å². The number of hydrogen-bond acceptors (Lipinski definition) is 7. The van der Waals surface area contributed by atoms with Crippen molar-refractivity contribution in [2.45, 2.75) is 58.5 Å². The lowest BCUT2D eigenvalue weighted by Gasteiger charge is -2.43. The summed E-state index contributed by atoms with van der Waals surface area (Å²) in [5, 5.41) is 1.70. The Balaban J connectivity index is 1.68. The van der Waals surface area contributed by atoms with Crippen LogP contribution in [0.15, 0.2) is 79.3 Å². The van der Waals surface area contributed by atoms with Crippen molar-refractivity contribution >= 4 is 41.8 Å². The third kappa shape index (κ3) is 6.13. The molecule has 4 aromatic rings. The largest absolute Gasteiger partial charge is 0.401 e. The molecule has 0 N–H and O–H groups in total. The van der Waals surface area contributed by atoms with Crippen LogP contribution in [0, 0.1) is 5.82 Å². The average Bonchev–Trinajstić information content (AvgIpc) is 2.99. The maximum absolute atomic E-state index is 16.0. The molecule has 0 saturated carbocycles. The highest BCUT2D eigenvalue weighted by Gasteiger charge is 2.50. The van der Waals surface area contributed by atoms with E-state index in [4.69, 9.17) is 20.8 Å². The Morgan fingerprint density at radius 1 is 1.02 bits per heavy atom. The molecule has 0 bridgehead atoms. The van der Waals surface area contributed by atoms with E-state index in [2.05, 4.69) is 60.0 Å². The lowest BCUT2D eigenvalue weighted by atomic mass is 10.1. The van der Waals surface area contributed by atoms with Gasteiger partial charge in [0.05, 0.1) is 36.4 Å². The number of aromatic nitrogens is 3. The van der Waals surface area contributed by atoms with Crippen LogP contribution in [0.1, 0.15) is 56.5 Å². The fraction of sp³-hybridized carbons (Fsp3) is 0.333. The number of nitrogens with zero attached hydrogens (tertiary/aromatic N) is 4. The molecule has 0 aliphatic carbocycles. The molecular weight excluding hydrogens is 583 g/mol. The summed E-state index contributed by atoms with van der Waals surface area (Å²) >= 11 is 6.81. The van der Waals surface area contributed by atoms with E-state index in [1.165, 1.54) is 18.6 Å². The predicted octanol–water partition coefficient (Wildman–Crippen LogP) is 5.59. The number of rotatable bonds is 8. The van der Waals surface area contributed by atoms with Crippen molar-refractivity contribution in [3.63, 3.8) is 0 Å². The standard InChI is InChI=1S/C33H36ClFN4O3Si/c1-22-19-39(20-23(2)42-22)31-27(38-30(29(35)28(31)34)32(40)26-18-36-16-17-37-26)21-41-43(33(3,4)5,24-12-8-6-9-13-24)25-14-10-7-11-15-25/h6-18,22-23H,19-21H2,1-5H3/t22-,23+. The Labute approximate surface area is 258 Å². The molecule has 10 heteroatoms. The van der Waals surface area contributed by atoms with E-state index in [9.17, 15) is 4.79 Å². The lowest BCUT2D eigenvalue weighted by Crippen LogP contribution is -2.66. The van der Waals surface area contributed by atoms with Crippen LogP contribution in [0.25, 0.3) is 0 Å². The van der Waals surface area contributed by atoms with Gasteiger partial charge in [0.15, 0.2) is 11.5 Å². The summed E-state index contributed by atoms with van der Waals surface area (Å²) in [6.07, 6.45) is 3.88. The molecule has 1 saturated heterocycles. The van der Waals surface area contributed by atoms with Crippen LogP contribution in [-0.2, 0) is 15.8 Å². The molecule has 1 aliphatic rings. The van der Waals surface area contributed by atoms with E-state index in [-0.39, 0.29) is 34.6 Å². The number of ether oxygens (including phenoxy) is 1. The van der Waals surface area contributed by atoms with Crippen molar-refractivity contribution in [3.05, 3.63) is 107 Å². The Bertz CT molecular complexity index is 1520. The van der Waals surface area contributed by atoms with E-state index in [1.54, 1.807) is 0 Å². The molecule has 0 spiro atoms. The summed E-state index contributed by atoms with van der Waals surface area (Å²) in [6, 6.07) is 20.4. The monoisotopic (exact) mass is 618 g/mol. The third-order valence-corrected chi connectivity index (χ3v) is 13.0. The number of ketones is 1. The number of carbonyl (C=O) groups is 1. The SMILES string of the molecule is C[C@@H]1CN(c2c(CO[Si](c3ccccc3)(c3ccccc3)C(C)(C)C)nc(C(=O)c3cnccn3)c(F)c2Cl)C[C@H](C)O1. The van der Waals surface area contributed by atoms with Crippen molar-refractivity contribution in [1.82, 2.24) is 15.0 Å². The highest BCUT2D eigenvalue weighted by atomic mass is 35.5. The van der Waals surface area contributed by atoms with Crippen molar-refractivity contribution in [2.75, 3.05) is 18.0 Å². The topological polar surface area (TPSA) is 77.4 Å². The van der Waals surface area contributed by atoms with Gasteiger partial charge in [-0.3, -0.25) is 9.78 Å². The second-order valence-corrected chi connectivity index (χ2v) is 16.6. The first-order chi connectivity index (χ1) is 20.5. The van der Waals surface area contributed by atoms with Crippen molar-refractivity contribution in [3.8, 4) is 0 Å². The van der Waals surface area contributed by atoms with Crippen LogP contribution in [0.3, 0.4) is 0 Å². The zero-order chi connectivity index (χ0) is 30.8. The fourth-order valence-corrected chi connectivity index (χ4v) is 10.8. The molecule has 2 aromatic carbocycles. The number of hydrogen-bond donors (Lipinski definition) is 0. The molecule has 2 atom stereocenters. The molecule has 2 aromatic heterocycles. The third-order valence-electron chi connectivity index (χ3n) is 7.72. The molecule has 1 aliphatic heterocycles. The maximum atomic E-state index is 16.0. The van der Waals surface area contributed by atoms with Gasteiger partial charge in [0.1, 0.15) is 10.7 Å². The van der Waals surface area contributed by atoms with E-state index in [1.807, 2.05) is 55.1 Å². The molecule has 0 amide bonds. The Morgan fingerprint density at radius 2 is 1.60 bits per heavy atom. The van der Waals surface area contributed by atoms with Crippen LogP contribution in [0.5, 0.6) is 0 Å². The number of benzene rings is 2. The first-order valence-electron chi connectivity index (χ1n) is 14.4. The fourth-order valence-electron chi connectivity index (χ4n) is 5.98. The number of anilines is 1. The van der Waals surface area contributed by atoms with E-state index in [0.29, 0.717) is 24.5 Å². The van der Waals surface area contributed by atoms with Crippen LogP contribution in [0.2, 0.25) is 10.1 Å². The highest BCUT2D eigenvalue weighted by Crippen LogP contribution is 2.40. The minimum atomic E-state index is -3.00. The molecule has 7 nitrogen and oxygen atoms in total. The van der Waals surface area contributed by atoms with Gasteiger partial charge in [0.2, 0.25) is 5.78 Å². The average molecular weight is 619 g/mol. The minimum absolute atomic E-state index is 0.00345. The molecular formula is C33H36ClFN4O3Si. The summed E-state index contributed by atoms with van der Waals surface area (Å²) in [4.78, 5) is 28.1. The van der Waals surface area contributed by atoms with E-state index in [0.717, 1.165) is 10.4 Å². The Morgan fingerprint density at radius 3 is 2.12 bits per heavy atom. The Hall–Kier alpha value is -3.50. The molecule has 5 rings (SSSR count). The summed E-state index contributed by atoms with van der Waals surface area (Å²) < 4.78 is 29.1. The molecule has 3 heterocycles. The highest BCUT2D eigenvalue weighted by molar-refractivity contribution is 6.99. The van der Waals surface area contributed by atoms with Gasteiger partial charge in [-0.15, -0.1) is 0 Å². The number of carbonyl (C=O) groups excluding carboxylic acids is 1. The van der Waals surface area contributed by atoms with Gasteiger partial charge in [-0.05, 0) is 29.3 Å². The summed E-state index contributed by atoms with van der Waals surface area (Å²) in [5.74, 6) is -1.59. The summed E-state index contributed by atoms with van der Waals surface area (Å²) in [6.45, 7) is 11.4. The molecule has 224 valence electrons. The van der Waals surface area contributed by atoms with E-state index < -0.39 is 25.6 Å². The minimum Gasteiger partial charge on any atom is -0.401 e. The van der Waals surface area contributed by atoms with Crippen LogP contribution in [-0.4, -0.2) is 54.4 Å². The maximum Gasteiger partial charge on any atom is 0.261 e. The second kappa shape index (κ2) is 12.6. The zero-order valence-corrected chi connectivity index (χ0v) is 26.8. The van der Waals surface area contributed by atoms with Gasteiger partial charge in [-0.1, -0.05) is 93.0 Å². The van der Waals surface area contributed by atoms with Gasteiger partial charge < -0.3 is 14.1 Å². The van der Waals surface area contributed by atoms with Crippen LogP contribution < -0.4 is 15.3 Å². The second-order valence-electron chi connectivity index (χ2n) is 11.9. The summed E-state index contributed by atoms with van der Waals surface area (Å²) in [7, 11) is -3.00. The van der Waals surface area contributed by atoms with Crippen LogP contribution in [0.4, 0.5) is 10.1 Å². The first kappa shape index (κ1) is 30.9. The van der Waals surface area contributed by atoms with E-state index >= 15 is 4.39 Å². The van der Waals surface area contributed by atoms with Gasteiger partial charge in [-0.25, -0.2) is 14.4 Å².